The van der Waals surface area contributed by atoms with E-state index in [-0.39, 0.29) is 24.1 Å². The third kappa shape index (κ3) is 7.29. The van der Waals surface area contributed by atoms with Gasteiger partial charge in [0.05, 0.1) is 0 Å². The number of para-hydroxylation sites is 1. The van der Waals surface area contributed by atoms with Crippen LogP contribution >= 0.6 is 23.2 Å². The summed E-state index contributed by atoms with van der Waals surface area (Å²) in [5, 5.41) is 32.4. The Bertz CT molecular complexity index is 2350. The lowest BCUT2D eigenvalue weighted by Gasteiger charge is -2.17. The lowest BCUT2D eigenvalue weighted by Crippen LogP contribution is -2.15. The zero-order valence-corrected chi connectivity index (χ0v) is 29.4. The number of carbonyl (C=O) groups is 1. The molecule has 0 spiro atoms. The maximum Gasteiger partial charge on any atom is 0.249 e. The molecule has 0 radical (unpaired) electrons. The number of benzene rings is 5. The van der Waals surface area contributed by atoms with Crippen LogP contribution in [0.2, 0.25) is 10.0 Å². The summed E-state index contributed by atoms with van der Waals surface area (Å²) in [6.45, 7) is 3.94. The first-order valence-electron chi connectivity index (χ1n) is 15.8. The van der Waals surface area contributed by atoms with Crippen molar-refractivity contribution < 1.29 is 29.7 Å². The summed E-state index contributed by atoms with van der Waals surface area (Å²) < 4.78 is 11.1. The lowest BCUT2D eigenvalue weighted by atomic mass is 9.89. The number of aromatic nitrogens is 1. The normalized spacial score (nSPS) is 11.9. The molecule has 6 aromatic rings. The molecule has 0 bridgehead atoms. The van der Waals surface area contributed by atoms with Crippen LogP contribution in [0.4, 0.5) is 0 Å². The molecule has 1 aromatic heterocycles. The number of amidine groups is 1. The van der Waals surface area contributed by atoms with Crippen molar-refractivity contribution in [3.05, 3.63) is 136 Å². The fraction of sp³-hybridized carbons (Fsp3) is 0.0750. The number of phenols is 2. The second-order valence-corrected chi connectivity index (χ2v) is 12.8. The van der Waals surface area contributed by atoms with Gasteiger partial charge in [-0.3, -0.25) is 9.78 Å². The molecule has 10 nitrogen and oxygen atoms in total. The number of rotatable bonds is 6. The van der Waals surface area contributed by atoms with Crippen molar-refractivity contribution in [3.63, 3.8) is 0 Å². The average Bonchev–Trinajstić information content (AvgIpc) is 3.62. The van der Waals surface area contributed by atoms with E-state index in [4.69, 9.17) is 44.1 Å². The summed E-state index contributed by atoms with van der Waals surface area (Å²) in [6.07, 6.45) is 1.78. The number of phenolic OH excluding ortho intramolecular Hbond substituents is 2. The van der Waals surface area contributed by atoms with Crippen molar-refractivity contribution in [1.82, 2.24) is 4.98 Å². The van der Waals surface area contributed by atoms with Crippen LogP contribution in [0.15, 0.2) is 108 Å². The number of hydrogen-bond donors (Lipinski definition) is 5. The Morgan fingerprint density at radius 1 is 0.731 bits per heavy atom. The average molecular weight is 736 g/mol. The van der Waals surface area contributed by atoms with Crippen LogP contribution in [0.25, 0.3) is 44.5 Å². The maximum absolute atomic E-state index is 12.1. The Morgan fingerprint density at radius 2 is 1.29 bits per heavy atom. The molecule has 5 aromatic carbocycles. The van der Waals surface area contributed by atoms with Gasteiger partial charge in [0.15, 0.2) is 17.3 Å². The molecule has 7 rings (SSSR count). The minimum Gasteiger partial charge on any atom is -0.508 e. The molecule has 52 heavy (non-hydrogen) atoms. The zero-order valence-electron chi connectivity index (χ0n) is 27.9. The SMILES string of the molecule is Cc1cnc(C)c(-c2c(C(N)=O)cc(Cl)cc2-c2ccc(O)cc2)c1.NC(=NO)c1cc(Cl)cc(-c2ccc(O)cc2)c1-c1cccc2c1OCO2. The molecule has 0 saturated carbocycles. The smallest absolute Gasteiger partial charge is 0.249 e. The summed E-state index contributed by atoms with van der Waals surface area (Å²) in [7, 11) is 0. The molecule has 0 saturated heterocycles. The topological polar surface area (TPSA) is 174 Å². The van der Waals surface area contributed by atoms with Gasteiger partial charge in [-0.15, -0.1) is 0 Å². The van der Waals surface area contributed by atoms with Gasteiger partial charge in [-0.2, -0.15) is 0 Å². The molecule has 1 amide bonds. The highest BCUT2D eigenvalue weighted by atomic mass is 35.5. The van der Waals surface area contributed by atoms with Crippen molar-refractivity contribution in [2.75, 3.05) is 6.79 Å². The van der Waals surface area contributed by atoms with Gasteiger partial charge < -0.3 is 36.4 Å². The predicted octanol–water partition coefficient (Wildman–Crippen LogP) is 8.69. The molecule has 0 fully saturated rings. The fourth-order valence-corrected chi connectivity index (χ4v) is 6.44. The van der Waals surface area contributed by atoms with Gasteiger partial charge in [0.2, 0.25) is 12.7 Å². The summed E-state index contributed by atoms with van der Waals surface area (Å²) in [6, 6.07) is 27.7. The van der Waals surface area contributed by atoms with Gasteiger partial charge in [-0.25, -0.2) is 0 Å². The van der Waals surface area contributed by atoms with E-state index in [0.717, 1.165) is 44.6 Å². The van der Waals surface area contributed by atoms with Crippen LogP contribution in [0, 0.1) is 13.8 Å². The highest BCUT2D eigenvalue weighted by Gasteiger charge is 2.25. The summed E-state index contributed by atoms with van der Waals surface area (Å²) in [5.74, 6) is 0.867. The first-order valence-corrected chi connectivity index (χ1v) is 16.6. The highest BCUT2D eigenvalue weighted by Crippen LogP contribution is 2.47. The van der Waals surface area contributed by atoms with Crippen molar-refractivity contribution in [2.45, 2.75) is 13.8 Å². The number of nitrogens with two attached hydrogens (primary N) is 2. The number of fused-ring (bicyclic) bond motifs is 1. The monoisotopic (exact) mass is 734 g/mol. The van der Waals surface area contributed by atoms with Crippen LogP contribution in [0.5, 0.6) is 23.0 Å². The number of nitrogens with zero attached hydrogens (tertiary/aromatic N) is 2. The molecular formula is C40H32Cl2N4O6. The first-order chi connectivity index (χ1) is 24.9. The number of primary amides is 1. The molecule has 1 aliphatic heterocycles. The van der Waals surface area contributed by atoms with E-state index in [9.17, 15) is 20.2 Å². The number of halogens is 2. The van der Waals surface area contributed by atoms with Crippen LogP contribution in [-0.4, -0.2) is 38.9 Å². The van der Waals surface area contributed by atoms with Gasteiger partial charge in [0.25, 0.3) is 0 Å². The third-order valence-electron chi connectivity index (χ3n) is 8.37. The van der Waals surface area contributed by atoms with Crippen LogP contribution in [-0.2, 0) is 0 Å². The Kier molecular flexibility index (Phi) is 10.2. The van der Waals surface area contributed by atoms with E-state index in [1.807, 2.05) is 38.1 Å². The maximum atomic E-state index is 12.1. The van der Waals surface area contributed by atoms with Crippen LogP contribution < -0.4 is 20.9 Å². The van der Waals surface area contributed by atoms with Gasteiger partial charge in [0.1, 0.15) is 11.5 Å². The highest BCUT2D eigenvalue weighted by molar-refractivity contribution is 6.32. The molecule has 12 heteroatoms. The van der Waals surface area contributed by atoms with Gasteiger partial charge in [0, 0.05) is 55.3 Å². The molecule has 0 unspecified atom stereocenters. The van der Waals surface area contributed by atoms with Crippen molar-refractivity contribution in [1.29, 1.82) is 0 Å². The largest absolute Gasteiger partial charge is 0.508 e. The zero-order chi connectivity index (χ0) is 37.1. The fourth-order valence-electron chi connectivity index (χ4n) is 6.00. The standard InChI is InChI=1S/C20H15ClN2O4.C20H17ClN2O2/c21-12-8-15(11-4-6-13(24)7-5-11)18(16(9-12)20(22)23-25)14-2-1-3-17-19(14)27-10-26-17;1-11-7-16(12(2)23-10-11)19-17(13-3-5-15(24)6-4-13)8-14(21)9-18(19)20(22)25/h1-9,24-25H,10H2,(H2,22,23);3-10,24H,1-2H3,(H2,22,25). The van der Waals surface area contributed by atoms with E-state index in [1.54, 1.807) is 79.0 Å². The van der Waals surface area contributed by atoms with E-state index >= 15 is 0 Å². The number of aryl methyl sites for hydroxylation is 2. The van der Waals surface area contributed by atoms with E-state index in [2.05, 4.69) is 10.1 Å². The second kappa shape index (κ2) is 14.9. The number of carbonyl (C=O) groups excluding carboxylic acids is 1. The second-order valence-electron chi connectivity index (χ2n) is 11.9. The van der Waals surface area contributed by atoms with E-state index in [0.29, 0.717) is 43.8 Å². The Hall–Kier alpha value is -6.23. The number of amides is 1. The Morgan fingerprint density at radius 3 is 1.85 bits per heavy atom. The summed E-state index contributed by atoms with van der Waals surface area (Å²) in [4.78, 5) is 16.5. The number of oxime groups is 1. The quantitative estimate of drug-likeness (QED) is 0.0489. The third-order valence-corrected chi connectivity index (χ3v) is 8.81. The minimum atomic E-state index is -0.557. The molecule has 262 valence electrons. The molecule has 1 aliphatic rings. The van der Waals surface area contributed by atoms with Crippen LogP contribution in [0.3, 0.4) is 0 Å². The Labute approximate surface area is 309 Å². The van der Waals surface area contributed by atoms with Crippen molar-refractivity contribution in [2.24, 2.45) is 16.6 Å². The van der Waals surface area contributed by atoms with E-state index in [1.165, 1.54) is 0 Å². The number of pyridine rings is 1. The molecule has 0 atom stereocenters. The molecule has 2 heterocycles. The van der Waals surface area contributed by atoms with Crippen LogP contribution in [0.1, 0.15) is 27.2 Å². The number of hydrogen-bond acceptors (Lipinski definition) is 8. The van der Waals surface area contributed by atoms with Crippen molar-refractivity contribution in [3.8, 4) is 67.5 Å². The predicted molar refractivity (Wildman–Crippen MR) is 202 cm³/mol. The van der Waals surface area contributed by atoms with E-state index < -0.39 is 5.91 Å². The summed E-state index contributed by atoms with van der Waals surface area (Å²) >= 11 is 12.5. The summed E-state index contributed by atoms with van der Waals surface area (Å²) in [5.41, 5.74) is 20.2. The van der Waals surface area contributed by atoms with Gasteiger partial charge >= 0.3 is 0 Å². The minimum absolute atomic E-state index is 0.0796. The Balaban J connectivity index is 0.000000179. The molecule has 7 N–H and O–H groups in total. The lowest BCUT2D eigenvalue weighted by molar-refractivity contribution is 0.100. The van der Waals surface area contributed by atoms with Gasteiger partial charge in [-0.1, -0.05) is 64.8 Å². The number of ether oxygens (including phenoxy) is 2. The molecular weight excluding hydrogens is 703 g/mol. The first kappa shape index (κ1) is 35.6. The van der Waals surface area contributed by atoms with Gasteiger partial charge in [-0.05, 0) is 102 Å². The number of aromatic hydroxyl groups is 2. The molecule has 0 aliphatic carbocycles. The van der Waals surface area contributed by atoms with Crippen molar-refractivity contribution >= 4 is 34.9 Å².